The first-order valence-electron chi connectivity index (χ1n) is 9.34. The predicted molar refractivity (Wildman–Crippen MR) is 112 cm³/mol. The smallest absolute Gasteiger partial charge is 0.191 e. The molecule has 7 nitrogen and oxygen atoms in total. The lowest BCUT2D eigenvalue weighted by atomic mass is 10.0. The summed E-state index contributed by atoms with van der Waals surface area (Å²) < 4.78 is 3.12. The molecular weight excluding hydrogens is 406 g/mol. The van der Waals surface area contributed by atoms with Crippen molar-refractivity contribution in [3.05, 3.63) is 46.0 Å². The van der Waals surface area contributed by atoms with Crippen molar-refractivity contribution in [1.29, 1.82) is 0 Å². The maximum Gasteiger partial charge on any atom is 0.191 e. The number of guanidine groups is 1. The zero-order valence-corrected chi connectivity index (χ0v) is 17.8. The fourth-order valence-electron chi connectivity index (χ4n) is 3.24. The van der Waals surface area contributed by atoms with Crippen molar-refractivity contribution in [2.24, 2.45) is 12.0 Å². The molecule has 0 atom stereocenters. The third-order valence-electron chi connectivity index (χ3n) is 5.07. The van der Waals surface area contributed by atoms with E-state index in [0.717, 1.165) is 54.6 Å². The number of halogens is 1. The molecule has 1 aliphatic rings. The summed E-state index contributed by atoms with van der Waals surface area (Å²) in [4.78, 5) is 6.86. The van der Waals surface area contributed by atoms with Crippen LogP contribution in [0.1, 0.15) is 30.1 Å². The predicted octanol–water partition coefficient (Wildman–Crippen LogP) is 2.22. The van der Waals surface area contributed by atoms with Crippen LogP contribution in [0.3, 0.4) is 0 Å². The first kappa shape index (κ1) is 19.8. The summed E-state index contributed by atoms with van der Waals surface area (Å²) in [5.41, 5.74) is 1.36. The second-order valence-corrected chi connectivity index (χ2v) is 7.89. The van der Waals surface area contributed by atoms with Crippen molar-refractivity contribution in [2.75, 3.05) is 20.1 Å². The Labute approximate surface area is 169 Å². The van der Waals surface area contributed by atoms with Gasteiger partial charge in [-0.25, -0.2) is 0 Å². The molecule has 2 heterocycles. The highest BCUT2D eigenvalue weighted by Crippen LogP contribution is 2.16. The van der Waals surface area contributed by atoms with Crippen LogP contribution < -0.4 is 10.6 Å². The second-order valence-electron chi connectivity index (χ2n) is 6.97. The van der Waals surface area contributed by atoms with Crippen LogP contribution in [0.5, 0.6) is 0 Å². The van der Waals surface area contributed by atoms with E-state index in [9.17, 15) is 0 Å². The normalized spacial score (nSPS) is 16.5. The molecule has 0 saturated carbocycles. The van der Waals surface area contributed by atoms with Crippen LogP contribution in [-0.2, 0) is 20.1 Å². The molecule has 1 aliphatic heterocycles. The van der Waals surface area contributed by atoms with Crippen LogP contribution in [-0.4, -0.2) is 51.8 Å². The van der Waals surface area contributed by atoms with Gasteiger partial charge in [-0.3, -0.25) is 9.89 Å². The fourth-order valence-corrected chi connectivity index (χ4v) is 3.50. The number of aryl methyl sites for hydroxylation is 1. The Hall–Kier alpha value is -1.93. The number of nitrogens with one attached hydrogen (secondary N) is 2. The van der Waals surface area contributed by atoms with Crippen molar-refractivity contribution in [3.63, 3.8) is 0 Å². The summed E-state index contributed by atoms with van der Waals surface area (Å²) >= 11 is 3.49. The zero-order valence-electron chi connectivity index (χ0n) is 16.2. The highest BCUT2D eigenvalue weighted by Gasteiger charge is 2.20. The summed E-state index contributed by atoms with van der Waals surface area (Å²) in [5, 5.41) is 15.2. The maximum absolute atomic E-state index is 4.35. The Bertz CT molecular complexity index is 761. The molecule has 1 saturated heterocycles. The summed E-state index contributed by atoms with van der Waals surface area (Å²) in [6, 6.07) is 9.04. The van der Waals surface area contributed by atoms with Crippen LogP contribution in [0.25, 0.3) is 0 Å². The van der Waals surface area contributed by atoms with Gasteiger partial charge in [-0.1, -0.05) is 28.1 Å². The van der Waals surface area contributed by atoms with Crippen molar-refractivity contribution >= 4 is 21.9 Å². The SMILES string of the molecule is CN=C(NCc1nnc(C)n1C)NC1CCN(Cc2ccc(Br)cc2)CC1. The lowest BCUT2D eigenvalue weighted by Gasteiger charge is -2.33. The number of rotatable bonds is 5. The topological polar surface area (TPSA) is 70.4 Å². The molecule has 146 valence electrons. The summed E-state index contributed by atoms with van der Waals surface area (Å²) in [5.74, 6) is 2.63. The maximum atomic E-state index is 4.35. The Morgan fingerprint density at radius 1 is 1.22 bits per heavy atom. The van der Waals surface area contributed by atoms with Crippen LogP contribution >= 0.6 is 15.9 Å². The highest BCUT2D eigenvalue weighted by molar-refractivity contribution is 9.10. The van der Waals surface area contributed by atoms with E-state index in [0.29, 0.717) is 12.6 Å². The minimum absolute atomic E-state index is 0.443. The van der Waals surface area contributed by atoms with Gasteiger partial charge in [0.05, 0.1) is 6.54 Å². The molecule has 1 aromatic carbocycles. The minimum atomic E-state index is 0.443. The van der Waals surface area contributed by atoms with Gasteiger partial charge in [0.15, 0.2) is 11.8 Å². The molecule has 0 bridgehead atoms. The van der Waals surface area contributed by atoms with Crippen molar-refractivity contribution < 1.29 is 0 Å². The third kappa shape index (κ3) is 5.52. The van der Waals surface area contributed by atoms with Gasteiger partial charge in [-0.15, -0.1) is 10.2 Å². The van der Waals surface area contributed by atoms with Crippen molar-refractivity contribution in [2.45, 2.75) is 38.9 Å². The summed E-state index contributed by atoms with van der Waals surface area (Å²) in [7, 11) is 3.78. The van der Waals surface area contributed by atoms with E-state index in [1.807, 2.05) is 18.5 Å². The van der Waals surface area contributed by atoms with E-state index in [1.54, 1.807) is 7.05 Å². The molecule has 0 amide bonds. The lowest BCUT2D eigenvalue weighted by Crippen LogP contribution is -2.48. The quantitative estimate of drug-likeness (QED) is 0.558. The molecule has 2 N–H and O–H groups in total. The largest absolute Gasteiger partial charge is 0.354 e. The molecule has 8 heteroatoms. The van der Waals surface area contributed by atoms with E-state index in [1.165, 1.54) is 5.56 Å². The standard InChI is InChI=1S/C19H28BrN7/c1-14-24-25-18(26(14)3)12-22-19(21-2)23-17-8-10-27(11-9-17)13-15-4-6-16(20)7-5-15/h4-7,17H,8-13H2,1-3H3,(H2,21,22,23). The van der Waals surface area contributed by atoms with Gasteiger partial charge in [-0.05, 0) is 37.5 Å². The number of benzene rings is 1. The van der Waals surface area contributed by atoms with Crippen molar-refractivity contribution in [1.82, 2.24) is 30.3 Å². The number of hydrogen-bond acceptors (Lipinski definition) is 4. The van der Waals surface area contributed by atoms with Gasteiger partial charge < -0.3 is 15.2 Å². The molecule has 1 aromatic heterocycles. The third-order valence-corrected chi connectivity index (χ3v) is 5.60. The first-order valence-corrected chi connectivity index (χ1v) is 10.1. The van der Waals surface area contributed by atoms with Gasteiger partial charge >= 0.3 is 0 Å². The molecule has 27 heavy (non-hydrogen) atoms. The molecule has 3 rings (SSSR count). The van der Waals surface area contributed by atoms with E-state index in [-0.39, 0.29) is 0 Å². The van der Waals surface area contributed by atoms with Crippen LogP contribution in [0.4, 0.5) is 0 Å². The number of hydrogen-bond donors (Lipinski definition) is 2. The molecule has 2 aromatic rings. The van der Waals surface area contributed by atoms with Gasteiger partial charge in [0.25, 0.3) is 0 Å². The van der Waals surface area contributed by atoms with Gasteiger partial charge in [0.1, 0.15) is 5.82 Å². The molecule has 0 spiro atoms. The van der Waals surface area contributed by atoms with Gasteiger partial charge in [0.2, 0.25) is 0 Å². The summed E-state index contributed by atoms with van der Waals surface area (Å²) in [6.45, 7) is 5.75. The molecular formula is C19H28BrN7. The number of nitrogens with zero attached hydrogens (tertiary/aromatic N) is 5. The Morgan fingerprint density at radius 2 is 1.93 bits per heavy atom. The van der Waals surface area contributed by atoms with E-state index >= 15 is 0 Å². The monoisotopic (exact) mass is 433 g/mol. The fraction of sp³-hybridized carbons (Fsp3) is 0.526. The number of likely N-dealkylation sites (tertiary alicyclic amines) is 1. The zero-order chi connectivity index (χ0) is 19.2. The van der Waals surface area contributed by atoms with E-state index in [4.69, 9.17) is 0 Å². The number of aromatic nitrogens is 3. The number of piperidine rings is 1. The molecule has 0 radical (unpaired) electrons. The first-order chi connectivity index (χ1) is 13.0. The summed E-state index contributed by atoms with van der Waals surface area (Å²) in [6.07, 6.45) is 2.22. The minimum Gasteiger partial charge on any atom is -0.354 e. The van der Waals surface area contributed by atoms with Crippen molar-refractivity contribution in [3.8, 4) is 0 Å². The molecule has 0 unspecified atom stereocenters. The molecule has 0 aliphatic carbocycles. The Balaban J connectivity index is 1.43. The average molecular weight is 434 g/mol. The Morgan fingerprint density at radius 3 is 2.52 bits per heavy atom. The number of aliphatic imine (C=N–C) groups is 1. The van der Waals surface area contributed by atoms with Crippen LogP contribution in [0, 0.1) is 6.92 Å². The second kappa shape index (κ2) is 9.32. The van der Waals surface area contributed by atoms with E-state index < -0.39 is 0 Å². The highest BCUT2D eigenvalue weighted by atomic mass is 79.9. The van der Waals surface area contributed by atoms with E-state index in [2.05, 4.69) is 70.9 Å². The van der Waals surface area contributed by atoms with Crippen LogP contribution in [0.2, 0.25) is 0 Å². The lowest BCUT2D eigenvalue weighted by molar-refractivity contribution is 0.198. The molecule has 1 fully saturated rings. The Kier molecular flexibility index (Phi) is 6.84. The van der Waals surface area contributed by atoms with Crippen LogP contribution in [0.15, 0.2) is 33.7 Å². The van der Waals surface area contributed by atoms with Gasteiger partial charge in [0, 0.05) is 44.2 Å². The van der Waals surface area contributed by atoms with Gasteiger partial charge in [-0.2, -0.15) is 0 Å². The average Bonchev–Trinajstić information content (AvgIpc) is 3.00.